The van der Waals surface area contributed by atoms with Gasteiger partial charge in [-0.1, -0.05) is 12.1 Å². The minimum absolute atomic E-state index is 0.00773. The second-order valence-electron chi connectivity index (χ2n) is 6.01. The van der Waals surface area contributed by atoms with E-state index in [0.717, 1.165) is 40.1 Å². The highest BCUT2D eigenvalue weighted by Crippen LogP contribution is 2.23. The maximum atomic E-state index is 12.0. The second-order valence-corrected chi connectivity index (χ2v) is 6.01. The molecular formula is C20H24N2O3. The molecule has 2 N–H and O–H groups in total. The van der Waals surface area contributed by atoms with Crippen molar-refractivity contribution in [3.63, 3.8) is 0 Å². The molecule has 1 aliphatic rings. The lowest BCUT2D eigenvalue weighted by molar-refractivity contribution is 0.0946. The van der Waals surface area contributed by atoms with Crippen LogP contribution in [0, 0.1) is 0 Å². The standard InChI is InChI=1S/C20H24N2O3/c1-3-25-13-16-10-14(4-7-19(16)24-2)12-22-17-6-5-15-8-9-21-20(23)18(15)11-17/h4-7,10-11,22H,3,8-9,12-13H2,1-2H3,(H,21,23). The van der Waals surface area contributed by atoms with Crippen LogP contribution in [-0.4, -0.2) is 26.2 Å². The molecule has 0 atom stereocenters. The topological polar surface area (TPSA) is 59.6 Å². The highest BCUT2D eigenvalue weighted by atomic mass is 16.5. The van der Waals surface area contributed by atoms with Crippen molar-refractivity contribution in [2.45, 2.75) is 26.5 Å². The molecule has 2 aromatic rings. The van der Waals surface area contributed by atoms with E-state index in [1.807, 2.05) is 37.3 Å². The predicted octanol–water partition coefficient (Wildman–Crippen LogP) is 3.13. The molecule has 0 aromatic heterocycles. The fourth-order valence-electron chi connectivity index (χ4n) is 2.99. The molecule has 5 heteroatoms. The fourth-order valence-corrected chi connectivity index (χ4v) is 2.99. The zero-order valence-electron chi connectivity index (χ0n) is 14.7. The second kappa shape index (κ2) is 8.03. The van der Waals surface area contributed by atoms with Crippen LogP contribution in [0.15, 0.2) is 36.4 Å². The smallest absolute Gasteiger partial charge is 0.251 e. The van der Waals surface area contributed by atoms with Gasteiger partial charge in [-0.3, -0.25) is 4.79 Å². The minimum atomic E-state index is 0.00773. The van der Waals surface area contributed by atoms with Gasteiger partial charge in [-0.2, -0.15) is 0 Å². The Morgan fingerprint density at radius 2 is 2.08 bits per heavy atom. The highest BCUT2D eigenvalue weighted by Gasteiger charge is 2.16. The number of carbonyl (C=O) groups excluding carboxylic acids is 1. The van der Waals surface area contributed by atoms with Crippen LogP contribution in [-0.2, 0) is 24.3 Å². The molecule has 0 saturated heterocycles. The van der Waals surface area contributed by atoms with E-state index in [1.54, 1.807) is 7.11 Å². The minimum Gasteiger partial charge on any atom is -0.496 e. The Balaban J connectivity index is 1.71. The van der Waals surface area contributed by atoms with E-state index < -0.39 is 0 Å². The lowest BCUT2D eigenvalue weighted by atomic mass is 10.00. The van der Waals surface area contributed by atoms with Crippen LogP contribution in [0.2, 0.25) is 0 Å². The molecule has 25 heavy (non-hydrogen) atoms. The van der Waals surface area contributed by atoms with Gasteiger partial charge in [-0.15, -0.1) is 0 Å². The van der Waals surface area contributed by atoms with Crippen LogP contribution in [0.25, 0.3) is 0 Å². The third-order valence-electron chi connectivity index (χ3n) is 4.34. The molecule has 2 aromatic carbocycles. The number of rotatable bonds is 7. The Labute approximate surface area is 148 Å². The zero-order chi connectivity index (χ0) is 17.6. The molecule has 5 nitrogen and oxygen atoms in total. The summed E-state index contributed by atoms with van der Waals surface area (Å²) < 4.78 is 10.9. The molecule has 0 unspecified atom stereocenters. The molecule has 0 saturated carbocycles. The van der Waals surface area contributed by atoms with Gasteiger partial charge < -0.3 is 20.1 Å². The van der Waals surface area contributed by atoms with Crippen molar-refractivity contribution in [1.82, 2.24) is 5.32 Å². The lowest BCUT2D eigenvalue weighted by Gasteiger charge is -2.18. The first-order chi connectivity index (χ1) is 12.2. The van der Waals surface area contributed by atoms with Crippen molar-refractivity contribution in [1.29, 1.82) is 0 Å². The number of fused-ring (bicyclic) bond motifs is 1. The summed E-state index contributed by atoms with van der Waals surface area (Å²) in [6.45, 7) is 4.57. The van der Waals surface area contributed by atoms with Crippen molar-refractivity contribution in [2.24, 2.45) is 0 Å². The van der Waals surface area contributed by atoms with Gasteiger partial charge >= 0.3 is 0 Å². The van der Waals surface area contributed by atoms with E-state index in [1.165, 1.54) is 0 Å². The quantitative estimate of drug-likeness (QED) is 0.813. The van der Waals surface area contributed by atoms with Crippen LogP contribution in [0.1, 0.15) is 34.0 Å². The molecule has 1 amide bonds. The van der Waals surface area contributed by atoms with Crippen LogP contribution in [0.4, 0.5) is 5.69 Å². The number of nitrogens with one attached hydrogen (secondary N) is 2. The van der Waals surface area contributed by atoms with Crippen molar-refractivity contribution in [2.75, 3.05) is 25.6 Å². The van der Waals surface area contributed by atoms with Gasteiger partial charge in [0, 0.05) is 36.5 Å². The van der Waals surface area contributed by atoms with Crippen LogP contribution < -0.4 is 15.4 Å². The van der Waals surface area contributed by atoms with Crippen molar-refractivity contribution < 1.29 is 14.3 Å². The van der Waals surface area contributed by atoms with E-state index >= 15 is 0 Å². The van der Waals surface area contributed by atoms with Gasteiger partial charge in [-0.05, 0) is 48.7 Å². The lowest BCUT2D eigenvalue weighted by Crippen LogP contribution is -2.31. The van der Waals surface area contributed by atoms with Crippen LogP contribution in [0.3, 0.4) is 0 Å². The molecule has 1 aliphatic heterocycles. The number of anilines is 1. The number of benzene rings is 2. The van der Waals surface area contributed by atoms with Crippen LogP contribution in [0.5, 0.6) is 5.75 Å². The first kappa shape index (κ1) is 17.3. The summed E-state index contributed by atoms with van der Waals surface area (Å²) in [7, 11) is 1.67. The molecule has 0 aliphatic carbocycles. The number of methoxy groups -OCH3 is 1. The maximum Gasteiger partial charge on any atom is 0.251 e. The highest BCUT2D eigenvalue weighted by molar-refractivity contribution is 5.97. The summed E-state index contributed by atoms with van der Waals surface area (Å²) in [6.07, 6.45) is 0.890. The maximum absolute atomic E-state index is 12.0. The number of amides is 1. The predicted molar refractivity (Wildman–Crippen MR) is 98.1 cm³/mol. The van der Waals surface area contributed by atoms with Gasteiger partial charge in [0.2, 0.25) is 0 Å². The van der Waals surface area contributed by atoms with Gasteiger partial charge in [0.15, 0.2) is 0 Å². The summed E-state index contributed by atoms with van der Waals surface area (Å²) in [6, 6.07) is 12.1. The first-order valence-corrected chi connectivity index (χ1v) is 8.59. The Morgan fingerprint density at radius 1 is 1.20 bits per heavy atom. The van der Waals surface area contributed by atoms with Crippen molar-refractivity contribution >= 4 is 11.6 Å². The van der Waals surface area contributed by atoms with Gasteiger partial charge in [0.05, 0.1) is 13.7 Å². The summed E-state index contributed by atoms with van der Waals surface area (Å²) in [5.74, 6) is 0.844. The van der Waals surface area contributed by atoms with Crippen LogP contribution >= 0.6 is 0 Å². The SMILES string of the molecule is CCOCc1cc(CNc2ccc3c(c2)C(=O)NCC3)ccc1OC. The summed E-state index contributed by atoms with van der Waals surface area (Å²) in [4.78, 5) is 12.0. The number of hydrogen-bond acceptors (Lipinski definition) is 4. The number of carbonyl (C=O) groups is 1. The van der Waals surface area contributed by atoms with E-state index in [0.29, 0.717) is 26.3 Å². The Bertz CT molecular complexity index is 759. The third-order valence-corrected chi connectivity index (χ3v) is 4.34. The van der Waals surface area contributed by atoms with Gasteiger partial charge in [-0.25, -0.2) is 0 Å². The Morgan fingerprint density at radius 3 is 2.88 bits per heavy atom. The summed E-state index contributed by atoms with van der Waals surface area (Å²) in [5.41, 5.74) is 4.99. The van der Waals surface area contributed by atoms with E-state index in [2.05, 4.69) is 16.7 Å². The monoisotopic (exact) mass is 340 g/mol. The molecule has 0 spiro atoms. The van der Waals surface area contributed by atoms with E-state index in [-0.39, 0.29) is 5.91 Å². The Hall–Kier alpha value is -2.53. The van der Waals surface area contributed by atoms with E-state index in [4.69, 9.17) is 9.47 Å². The normalized spacial score (nSPS) is 13.1. The molecule has 0 bridgehead atoms. The van der Waals surface area contributed by atoms with Gasteiger partial charge in [0.25, 0.3) is 5.91 Å². The molecular weight excluding hydrogens is 316 g/mol. The van der Waals surface area contributed by atoms with Gasteiger partial charge in [0.1, 0.15) is 5.75 Å². The average Bonchev–Trinajstić information content (AvgIpc) is 2.65. The Kier molecular flexibility index (Phi) is 5.56. The molecule has 0 fully saturated rings. The zero-order valence-corrected chi connectivity index (χ0v) is 14.7. The summed E-state index contributed by atoms with van der Waals surface area (Å²) in [5, 5.41) is 6.28. The third kappa shape index (κ3) is 4.12. The van der Waals surface area contributed by atoms with E-state index in [9.17, 15) is 4.79 Å². The largest absolute Gasteiger partial charge is 0.496 e. The molecule has 3 rings (SSSR count). The number of ether oxygens (including phenoxy) is 2. The fraction of sp³-hybridized carbons (Fsp3) is 0.350. The molecule has 132 valence electrons. The molecule has 1 heterocycles. The molecule has 0 radical (unpaired) electrons. The van der Waals surface area contributed by atoms with Crippen molar-refractivity contribution in [3.05, 3.63) is 58.7 Å². The first-order valence-electron chi connectivity index (χ1n) is 8.59. The summed E-state index contributed by atoms with van der Waals surface area (Å²) >= 11 is 0. The average molecular weight is 340 g/mol. The van der Waals surface area contributed by atoms with Crippen molar-refractivity contribution in [3.8, 4) is 5.75 Å². The number of hydrogen-bond donors (Lipinski definition) is 2.